The molecule has 3 N–H and O–H groups in total. The quantitative estimate of drug-likeness (QED) is 0.614. The van der Waals surface area contributed by atoms with Crippen molar-refractivity contribution < 1.29 is 0 Å². The second kappa shape index (κ2) is 6.44. The van der Waals surface area contributed by atoms with Gasteiger partial charge >= 0.3 is 0 Å². The van der Waals surface area contributed by atoms with Gasteiger partial charge < -0.3 is 11.1 Å². The van der Waals surface area contributed by atoms with Gasteiger partial charge in [-0.2, -0.15) is 0 Å². The second-order valence-corrected chi connectivity index (χ2v) is 3.83. The summed E-state index contributed by atoms with van der Waals surface area (Å²) in [6.07, 6.45) is 8.15. The average Bonchev–Trinajstić information content (AvgIpc) is 2.14. The van der Waals surface area contributed by atoms with Gasteiger partial charge in [-0.05, 0) is 44.8 Å². The van der Waals surface area contributed by atoms with E-state index in [1.54, 1.807) is 0 Å². The van der Waals surface area contributed by atoms with Crippen LogP contribution in [0.4, 0.5) is 0 Å². The number of unbranched alkanes of at least 4 members (excludes halogenated alkanes) is 2. The van der Waals surface area contributed by atoms with E-state index in [1.807, 2.05) is 0 Å². The zero-order chi connectivity index (χ0) is 8.65. The fourth-order valence-corrected chi connectivity index (χ4v) is 1.92. The van der Waals surface area contributed by atoms with Crippen molar-refractivity contribution in [1.29, 1.82) is 0 Å². The van der Waals surface area contributed by atoms with E-state index in [2.05, 4.69) is 5.32 Å². The first-order valence-electron chi connectivity index (χ1n) is 5.34. The lowest BCUT2D eigenvalue weighted by atomic mass is 9.92. The summed E-state index contributed by atoms with van der Waals surface area (Å²) in [6, 6.07) is 0. The molecule has 0 aromatic carbocycles. The monoisotopic (exact) mass is 170 g/mol. The number of piperidine rings is 1. The Morgan fingerprint density at radius 2 is 1.83 bits per heavy atom. The van der Waals surface area contributed by atoms with Crippen molar-refractivity contribution in [3.8, 4) is 0 Å². The molecule has 0 atom stereocenters. The summed E-state index contributed by atoms with van der Waals surface area (Å²) in [6.45, 7) is 3.34. The standard InChI is InChI=1S/C10H22N2/c11-7-3-1-2-4-10-5-8-12-9-6-10/h10,12H,1-9,11H2. The highest BCUT2D eigenvalue weighted by molar-refractivity contribution is 4.68. The van der Waals surface area contributed by atoms with Gasteiger partial charge in [0.1, 0.15) is 0 Å². The maximum Gasteiger partial charge on any atom is -0.00463 e. The minimum absolute atomic E-state index is 0.867. The summed E-state index contributed by atoms with van der Waals surface area (Å²) < 4.78 is 0. The lowest BCUT2D eigenvalue weighted by Crippen LogP contribution is -2.27. The fraction of sp³-hybridized carbons (Fsp3) is 1.00. The van der Waals surface area contributed by atoms with Crippen LogP contribution in [0.15, 0.2) is 0 Å². The smallest absolute Gasteiger partial charge is 0.00463 e. The molecule has 0 aliphatic carbocycles. The largest absolute Gasteiger partial charge is 0.330 e. The van der Waals surface area contributed by atoms with Crippen LogP contribution in [-0.2, 0) is 0 Å². The van der Waals surface area contributed by atoms with Crippen molar-refractivity contribution in [2.24, 2.45) is 11.7 Å². The lowest BCUT2D eigenvalue weighted by molar-refractivity contribution is 0.343. The molecule has 1 aliphatic heterocycles. The molecule has 0 spiro atoms. The van der Waals surface area contributed by atoms with Crippen molar-refractivity contribution >= 4 is 0 Å². The molecule has 1 fully saturated rings. The highest BCUT2D eigenvalue weighted by Gasteiger charge is 2.11. The predicted octanol–water partition coefficient (Wildman–Crippen LogP) is 1.51. The first-order valence-corrected chi connectivity index (χ1v) is 5.34. The number of nitrogens with one attached hydrogen (secondary N) is 1. The molecule has 0 amide bonds. The van der Waals surface area contributed by atoms with Crippen LogP contribution in [0.2, 0.25) is 0 Å². The summed E-state index contributed by atoms with van der Waals surface area (Å²) in [5.41, 5.74) is 5.44. The molecule has 0 saturated carbocycles. The van der Waals surface area contributed by atoms with Gasteiger partial charge in [-0.1, -0.05) is 19.3 Å². The van der Waals surface area contributed by atoms with E-state index >= 15 is 0 Å². The third kappa shape index (κ3) is 4.07. The van der Waals surface area contributed by atoms with E-state index in [1.165, 1.54) is 51.6 Å². The topological polar surface area (TPSA) is 38.0 Å². The third-order valence-electron chi connectivity index (χ3n) is 2.78. The third-order valence-corrected chi connectivity index (χ3v) is 2.78. The highest BCUT2D eigenvalue weighted by atomic mass is 14.9. The molecule has 0 aromatic rings. The molecule has 2 nitrogen and oxygen atoms in total. The summed E-state index contributed by atoms with van der Waals surface area (Å²) in [7, 11) is 0. The number of nitrogens with two attached hydrogens (primary N) is 1. The SMILES string of the molecule is NCCCCCC1CCNCC1. The zero-order valence-corrected chi connectivity index (χ0v) is 8.02. The number of hydrogen-bond acceptors (Lipinski definition) is 2. The Balaban J connectivity index is 1.91. The maximum absolute atomic E-state index is 5.44. The summed E-state index contributed by atoms with van der Waals surface area (Å²) in [4.78, 5) is 0. The predicted molar refractivity (Wildman–Crippen MR) is 53.1 cm³/mol. The molecule has 0 radical (unpaired) electrons. The molecule has 0 bridgehead atoms. The van der Waals surface area contributed by atoms with Gasteiger partial charge in [-0.3, -0.25) is 0 Å². The molecule has 72 valence electrons. The Morgan fingerprint density at radius 1 is 1.08 bits per heavy atom. The van der Waals surface area contributed by atoms with Crippen LogP contribution in [0.5, 0.6) is 0 Å². The molecule has 0 unspecified atom stereocenters. The highest BCUT2D eigenvalue weighted by Crippen LogP contribution is 2.18. The van der Waals surface area contributed by atoms with Crippen molar-refractivity contribution in [2.45, 2.75) is 38.5 Å². The Morgan fingerprint density at radius 3 is 2.50 bits per heavy atom. The molecule has 1 rings (SSSR count). The summed E-state index contributed by atoms with van der Waals surface area (Å²) >= 11 is 0. The molecule has 1 aliphatic rings. The Labute approximate surface area is 75.9 Å². The fourth-order valence-electron chi connectivity index (χ4n) is 1.92. The van der Waals surface area contributed by atoms with E-state index in [0.29, 0.717) is 0 Å². The van der Waals surface area contributed by atoms with E-state index < -0.39 is 0 Å². The molecule has 0 aromatic heterocycles. The van der Waals surface area contributed by atoms with Crippen molar-refractivity contribution in [1.82, 2.24) is 5.32 Å². The molecular formula is C10H22N2. The van der Waals surface area contributed by atoms with Crippen molar-refractivity contribution in [2.75, 3.05) is 19.6 Å². The van der Waals surface area contributed by atoms with Gasteiger partial charge in [-0.25, -0.2) is 0 Å². The Kier molecular flexibility index (Phi) is 5.37. The lowest BCUT2D eigenvalue weighted by Gasteiger charge is -2.22. The van der Waals surface area contributed by atoms with Crippen LogP contribution in [0, 0.1) is 5.92 Å². The number of hydrogen-bond donors (Lipinski definition) is 2. The van der Waals surface area contributed by atoms with Crippen LogP contribution in [0.1, 0.15) is 38.5 Å². The zero-order valence-electron chi connectivity index (χ0n) is 8.02. The van der Waals surface area contributed by atoms with Gasteiger partial charge in [0, 0.05) is 0 Å². The van der Waals surface area contributed by atoms with Crippen LogP contribution >= 0.6 is 0 Å². The van der Waals surface area contributed by atoms with Gasteiger partial charge in [0.2, 0.25) is 0 Å². The van der Waals surface area contributed by atoms with Crippen LogP contribution in [0.3, 0.4) is 0 Å². The first kappa shape index (κ1) is 10.0. The van der Waals surface area contributed by atoms with Gasteiger partial charge in [0.15, 0.2) is 0 Å². The Hall–Kier alpha value is -0.0800. The van der Waals surface area contributed by atoms with Crippen LogP contribution in [-0.4, -0.2) is 19.6 Å². The molecule has 1 saturated heterocycles. The minimum Gasteiger partial charge on any atom is -0.330 e. The van der Waals surface area contributed by atoms with Gasteiger partial charge in [-0.15, -0.1) is 0 Å². The Bertz CT molecular complexity index is 98.0. The molecule has 12 heavy (non-hydrogen) atoms. The summed E-state index contributed by atoms with van der Waals surface area (Å²) in [5, 5.41) is 3.40. The van der Waals surface area contributed by atoms with Crippen molar-refractivity contribution in [3.05, 3.63) is 0 Å². The number of rotatable bonds is 5. The van der Waals surface area contributed by atoms with E-state index in [0.717, 1.165) is 12.5 Å². The van der Waals surface area contributed by atoms with Gasteiger partial charge in [0.25, 0.3) is 0 Å². The first-order chi connectivity index (χ1) is 5.93. The normalized spacial score (nSPS) is 19.8. The molecular weight excluding hydrogens is 148 g/mol. The van der Waals surface area contributed by atoms with Crippen LogP contribution < -0.4 is 11.1 Å². The van der Waals surface area contributed by atoms with Gasteiger partial charge in [0.05, 0.1) is 0 Å². The molecule has 2 heteroatoms. The second-order valence-electron chi connectivity index (χ2n) is 3.83. The maximum atomic E-state index is 5.44. The van der Waals surface area contributed by atoms with Crippen LogP contribution in [0.25, 0.3) is 0 Å². The van der Waals surface area contributed by atoms with Crippen molar-refractivity contribution in [3.63, 3.8) is 0 Å². The van der Waals surface area contributed by atoms with E-state index in [9.17, 15) is 0 Å². The minimum atomic E-state index is 0.867. The van der Waals surface area contributed by atoms with E-state index in [4.69, 9.17) is 5.73 Å². The van der Waals surface area contributed by atoms with E-state index in [-0.39, 0.29) is 0 Å². The summed E-state index contributed by atoms with van der Waals surface area (Å²) in [5.74, 6) is 1.00. The molecule has 1 heterocycles. The average molecular weight is 170 g/mol.